The SMILES string of the molecule is CCCCCCCCP(Br)(CCCCCCCC)(CCCCCCCC)CCCCCCCCCCBr. The number of rotatable bonds is 31. The van der Waals surface area contributed by atoms with Gasteiger partial charge in [-0.25, -0.2) is 0 Å². The predicted octanol–water partition coefficient (Wildman–Crippen LogP) is 14.4. The summed E-state index contributed by atoms with van der Waals surface area (Å²) in [6.07, 6.45) is 43.9. The quantitative estimate of drug-likeness (QED) is 0.0391. The number of hydrogen-bond donors (Lipinski definition) is 0. The van der Waals surface area contributed by atoms with Crippen LogP contribution in [-0.4, -0.2) is 30.0 Å². The number of halogens is 2. The first-order valence-electron chi connectivity index (χ1n) is 17.3. The molecule has 226 valence electrons. The van der Waals surface area contributed by atoms with Gasteiger partial charge in [0.15, 0.2) is 0 Å². The van der Waals surface area contributed by atoms with E-state index in [1.54, 1.807) is 24.6 Å². The standard InChI is InChI=1S/C34H71Br2P/c1-4-7-10-13-21-26-31-37(36,32-27-22-14-11-8-5-2,33-28-23-15-12-9-6-3)34-29-24-19-17-16-18-20-25-30-35/h4-34H2,1-3H3. The first-order chi connectivity index (χ1) is 18.0. The third kappa shape index (κ3) is 23.8. The monoisotopic (exact) mass is 668 g/mol. The predicted molar refractivity (Wildman–Crippen MR) is 186 cm³/mol. The molecule has 0 nitrogen and oxygen atoms in total. The van der Waals surface area contributed by atoms with Crippen molar-refractivity contribution >= 4 is 36.7 Å². The van der Waals surface area contributed by atoms with E-state index in [0.717, 1.165) is 0 Å². The third-order valence-electron chi connectivity index (χ3n) is 8.81. The van der Waals surface area contributed by atoms with Gasteiger partial charge in [-0.15, -0.1) is 0 Å². The van der Waals surface area contributed by atoms with Gasteiger partial charge in [0.2, 0.25) is 0 Å². The van der Waals surface area contributed by atoms with E-state index < -0.39 is 5.31 Å². The number of alkyl halides is 1. The van der Waals surface area contributed by atoms with Crippen molar-refractivity contribution in [3.8, 4) is 0 Å². The zero-order valence-corrected chi connectivity index (χ0v) is 30.2. The van der Waals surface area contributed by atoms with Crippen LogP contribution >= 0.6 is 36.7 Å². The molecule has 0 bridgehead atoms. The van der Waals surface area contributed by atoms with Crippen molar-refractivity contribution < 1.29 is 0 Å². The molecule has 0 aromatic carbocycles. The number of hydrogen-bond acceptors (Lipinski definition) is 0. The molecule has 0 aliphatic carbocycles. The van der Waals surface area contributed by atoms with Crippen molar-refractivity contribution in [3.05, 3.63) is 0 Å². The summed E-state index contributed by atoms with van der Waals surface area (Å²) in [5.74, 6) is 0. The van der Waals surface area contributed by atoms with Gasteiger partial charge in [0.25, 0.3) is 0 Å². The maximum absolute atomic E-state index is 4.78. The molecular weight excluding hydrogens is 599 g/mol. The average molecular weight is 671 g/mol. The molecule has 3 heteroatoms. The van der Waals surface area contributed by atoms with Gasteiger partial charge in [0.1, 0.15) is 0 Å². The summed E-state index contributed by atoms with van der Waals surface area (Å²) in [5.41, 5.74) is 0. The minimum absolute atomic E-state index is 1.18. The van der Waals surface area contributed by atoms with Crippen molar-refractivity contribution in [2.45, 2.75) is 188 Å². The summed E-state index contributed by atoms with van der Waals surface area (Å²) in [6.45, 7) is 7.03. The van der Waals surface area contributed by atoms with Gasteiger partial charge in [0, 0.05) is 0 Å². The summed E-state index contributed by atoms with van der Waals surface area (Å²) in [6, 6.07) is 0. The third-order valence-corrected chi connectivity index (χ3v) is 19.4. The molecule has 0 N–H and O–H groups in total. The van der Waals surface area contributed by atoms with Crippen LogP contribution in [0.25, 0.3) is 0 Å². The van der Waals surface area contributed by atoms with Crippen molar-refractivity contribution in [3.63, 3.8) is 0 Å². The molecule has 0 atom stereocenters. The number of unbranched alkanes of at least 4 members (excludes halogenated alkanes) is 22. The molecule has 0 saturated heterocycles. The zero-order chi connectivity index (χ0) is 27.4. The molecule has 0 saturated carbocycles. The van der Waals surface area contributed by atoms with E-state index in [0.29, 0.717) is 0 Å². The van der Waals surface area contributed by atoms with E-state index in [1.165, 1.54) is 172 Å². The summed E-state index contributed by atoms with van der Waals surface area (Å²) in [7, 11) is 0. The Morgan fingerprint density at radius 1 is 0.324 bits per heavy atom. The Morgan fingerprint density at radius 3 is 0.784 bits per heavy atom. The van der Waals surface area contributed by atoms with Crippen LogP contribution in [0.15, 0.2) is 0 Å². The fourth-order valence-corrected chi connectivity index (χ4v) is 15.0. The molecule has 0 aromatic heterocycles. The summed E-state index contributed by atoms with van der Waals surface area (Å²) >= 11 is 8.35. The summed E-state index contributed by atoms with van der Waals surface area (Å²) in [4.78, 5) is 0. The molecule has 0 aliphatic rings. The fourth-order valence-electron chi connectivity index (χ4n) is 6.19. The van der Waals surface area contributed by atoms with Crippen molar-refractivity contribution in [1.29, 1.82) is 0 Å². The van der Waals surface area contributed by atoms with Gasteiger partial charge in [-0.05, 0) is 0 Å². The molecule has 37 heavy (non-hydrogen) atoms. The van der Waals surface area contributed by atoms with E-state index in [9.17, 15) is 0 Å². The van der Waals surface area contributed by atoms with Crippen molar-refractivity contribution in [2.24, 2.45) is 0 Å². The molecule has 0 aromatic rings. The molecule has 0 heterocycles. The molecule has 0 radical (unpaired) electrons. The Kier molecular flexibility index (Phi) is 28.6. The Labute approximate surface area is 253 Å². The van der Waals surface area contributed by atoms with E-state index in [-0.39, 0.29) is 0 Å². The van der Waals surface area contributed by atoms with E-state index in [4.69, 9.17) is 15.5 Å². The Balaban J connectivity index is 4.96. The van der Waals surface area contributed by atoms with Crippen LogP contribution in [-0.2, 0) is 0 Å². The van der Waals surface area contributed by atoms with Crippen LogP contribution < -0.4 is 0 Å². The maximum atomic E-state index is 4.78. The molecule has 0 fully saturated rings. The van der Waals surface area contributed by atoms with Gasteiger partial charge >= 0.3 is 254 Å². The second-order valence-electron chi connectivity index (χ2n) is 12.5. The van der Waals surface area contributed by atoms with Crippen LogP contribution in [0, 0.1) is 0 Å². The minimum atomic E-state index is -1.78. The van der Waals surface area contributed by atoms with E-state index in [2.05, 4.69) is 36.7 Å². The normalized spacial score (nSPS) is 13.2. The van der Waals surface area contributed by atoms with E-state index in [1.807, 2.05) is 0 Å². The van der Waals surface area contributed by atoms with E-state index >= 15 is 0 Å². The fraction of sp³-hybridized carbons (Fsp3) is 1.00. The Hall–Kier alpha value is 1.39. The van der Waals surface area contributed by atoms with Crippen molar-refractivity contribution in [2.75, 3.05) is 30.0 Å². The molecule has 0 unspecified atom stereocenters. The average Bonchev–Trinajstić information content (AvgIpc) is 2.90. The summed E-state index contributed by atoms with van der Waals surface area (Å²) < 4.78 is 0. The van der Waals surface area contributed by atoms with Crippen LogP contribution in [0.3, 0.4) is 0 Å². The molecule has 0 rings (SSSR count). The van der Waals surface area contributed by atoms with Crippen LogP contribution in [0.1, 0.15) is 188 Å². The van der Waals surface area contributed by atoms with Gasteiger partial charge in [-0.2, -0.15) is 0 Å². The summed E-state index contributed by atoms with van der Waals surface area (Å²) in [5, 5.41) is -0.596. The zero-order valence-electron chi connectivity index (χ0n) is 26.1. The first-order valence-corrected chi connectivity index (χ1v) is 23.4. The topological polar surface area (TPSA) is 0 Å². The Bertz CT molecular complexity index is 410. The first kappa shape index (κ1) is 38.4. The Morgan fingerprint density at radius 2 is 0.541 bits per heavy atom. The van der Waals surface area contributed by atoms with Crippen LogP contribution in [0.5, 0.6) is 0 Å². The second kappa shape index (κ2) is 27.6. The van der Waals surface area contributed by atoms with Crippen molar-refractivity contribution in [1.82, 2.24) is 0 Å². The van der Waals surface area contributed by atoms with Crippen LogP contribution in [0.4, 0.5) is 0 Å². The molecule has 0 aliphatic heterocycles. The van der Waals surface area contributed by atoms with Gasteiger partial charge in [-0.3, -0.25) is 0 Å². The second-order valence-corrected chi connectivity index (χ2v) is 24.8. The van der Waals surface area contributed by atoms with Crippen LogP contribution in [0.2, 0.25) is 0 Å². The molecule has 0 amide bonds. The molecule has 0 spiro atoms. The van der Waals surface area contributed by atoms with Gasteiger partial charge in [0.05, 0.1) is 0 Å². The van der Waals surface area contributed by atoms with Gasteiger partial charge in [-0.1, -0.05) is 0 Å². The molecular formula is C34H71Br2P. The van der Waals surface area contributed by atoms with Gasteiger partial charge < -0.3 is 0 Å².